The van der Waals surface area contributed by atoms with Gasteiger partial charge in [-0.25, -0.2) is 0 Å². The minimum atomic E-state index is -0.432. The van der Waals surface area contributed by atoms with Gasteiger partial charge in [0.15, 0.2) is 0 Å². The molecule has 0 aliphatic heterocycles. The van der Waals surface area contributed by atoms with Crippen molar-refractivity contribution in [1.29, 1.82) is 0 Å². The summed E-state index contributed by atoms with van der Waals surface area (Å²) in [5.74, 6) is 0.788. The van der Waals surface area contributed by atoms with Crippen LogP contribution in [0, 0.1) is 17.0 Å². The molecule has 5 heteroatoms. The van der Waals surface area contributed by atoms with Gasteiger partial charge in [0, 0.05) is 12.1 Å². The second-order valence-corrected chi connectivity index (χ2v) is 4.13. The zero-order chi connectivity index (χ0) is 13.8. The van der Waals surface area contributed by atoms with Crippen LogP contribution in [-0.2, 0) is 6.54 Å². The lowest BCUT2D eigenvalue weighted by atomic mass is 10.2. The van der Waals surface area contributed by atoms with E-state index in [1.807, 2.05) is 12.1 Å². The van der Waals surface area contributed by atoms with E-state index >= 15 is 0 Å². The van der Waals surface area contributed by atoms with E-state index in [1.54, 1.807) is 37.3 Å². The summed E-state index contributed by atoms with van der Waals surface area (Å²) in [6.45, 7) is 2.13. The molecule has 0 radical (unpaired) electrons. The Hall–Kier alpha value is -2.40. The fraction of sp³-hybridized carbons (Fsp3) is 0.143. The van der Waals surface area contributed by atoms with Crippen molar-refractivity contribution < 1.29 is 9.66 Å². The van der Waals surface area contributed by atoms with Crippen LogP contribution >= 0.6 is 0 Å². The van der Waals surface area contributed by atoms with Crippen LogP contribution < -0.4 is 10.5 Å². The number of para-hydroxylation sites is 1. The van der Waals surface area contributed by atoms with Gasteiger partial charge >= 0.3 is 5.69 Å². The zero-order valence-corrected chi connectivity index (χ0v) is 10.5. The average molecular weight is 258 g/mol. The van der Waals surface area contributed by atoms with Gasteiger partial charge in [0.25, 0.3) is 0 Å². The summed E-state index contributed by atoms with van der Waals surface area (Å²) in [5, 5.41) is 11.0. The standard InChI is InChI=1S/C14H14N2O3/c1-10-3-2-4-13(14(10)16(17)18)19-12-7-5-11(9-15)6-8-12/h2-8H,9,15H2,1H3. The molecule has 0 saturated carbocycles. The second-order valence-electron chi connectivity index (χ2n) is 4.13. The molecule has 2 aromatic rings. The van der Waals surface area contributed by atoms with Gasteiger partial charge in [0.05, 0.1) is 4.92 Å². The molecule has 0 heterocycles. The van der Waals surface area contributed by atoms with Crippen LogP contribution in [0.1, 0.15) is 11.1 Å². The number of aryl methyl sites for hydroxylation is 1. The third-order valence-corrected chi connectivity index (χ3v) is 2.77. The Morgan fingerprint density at radius 2 is 1.89 bits per heavy atom. The first-order valence-corrected chi connectivity index (χ1v) is 5.82. The molecule has 0 aliphatic carbocycles. The van der Waals surface area contributed by atoms with Gasteiger partial charge in [0.2, 0.25) is 5.75 Å². The van der Waals surface area contributed by atoms with E-state index < -0.39 is 4.92 Å². The Bertz CT molecular complexity index is 594. The van der Waals surface area contributed by atoms with E-state index in [-0.39, 0.29) is 11.4 Å². The fourth-order valence-corrected chi connectivity index (χ4v) is 1.77. The van der Waals surface area contributed by atoms with E-state index in [2.05, 4.69) is 0 Å². The largest absolute Gasteiger partial charge is 0.450 e. The first kappa shape index (κ1) is 13.0. The summed E-state index contributed by atoms with van der Waals surface area (Å²) in [5.41, 5.74) is 7.05. The third kappa shape index (κ3) is 2.89. The van der Waals surface area contributed by atoms with Crippen LogP contribution in [0.3, 0.4) is 0 Å². The van der Waals surface area contributed by atoms with Gasteiger partial charge in [-0.3, -0.25) is 10.1 Å². The molecule has 5 nitrogen and oxygen atoms in total. The van der Waals surface area contributed by atoms with Crippen LogP contribution in [0.2, 0.25) is 0 Å². The summed E-state index contributed by atoms with van der Waals surface area (Å²) in [6, 6.07) is 12.1. The van der Waals surface area contributed by atoms with Gasteiger partial charge in [-0.15, -0.1) is 0 Å². The highest BCUT2D eigenvalue weighted by molar-refractivity contribution is 5.53. The summed E-state index contributed by atoms with van der Waals surface area (Å²) in [4.78, 5) is 10.6. The molecule has 0 amide bonds. The molecular weight excluding hydrogens is 244 g/mol. The monoisotopic (exact) mass is 258 g/mol. The SMILES string of the molecule is Cc1cccc(Oc2ccc(CN)cc2)c1[N+](=O)[O-]. The smallest absolute Gasteiger partial charge is 0.314 e. The molecule has 0 bridgehead atoms. The van der Waals surface area contributed by atoms with Crippen LogP contribution in [0.15, 0.2) is 42.5 Å². The number of hydrogen-bond donors (Lipinski definition) is 1. The van der Waals surface area contributed by atoms with E-state index in [0.29, 0.717) is 17.9 Å². The number of ether oxygens (including phenoxy) is 1. The quantitative estimate of drug-likeness (QED) is 0.675. The van der Waals surface area contributed by atoms with Crippen LogP contribution in [0.5, 0.6) is 11.5 Å². The number of nitrogens with zero attached hydrogens (tertiary/aromatic N) is 1. The molecular formula is C14H14N2O3. The van der Waals surface area contributed by atoms with Gasteiger partial charge in [0.1, 0.15) is 5.75 Å². The van der Waals surface area contributed by atoms with Crippen molar-refractivity contribution in [1.82, 2.24) is 0 Å². The molecule has 0 aromatic heterocycles. The molecule has 19 heavy (non-hydrogen) atoms. The lowest BCUT2D eigenvalue weighted by molar-refractivity contribution is -0.386. The Balaban J connectivity index is 2.32. The van der Waals surface area contributed by atoms with Crippen LogP contribution in [-0.4, -0.2) is 4.92 Å². The topological polar surface area (TPSA) is 78.4 Å². The minimum absolute atomic E-state index is 0.00889. The average Bonchev–Trinajstić information content (AvgIpc) is 2.39. The normalized spacial score (nSPS) is 10.2. The van der Waals surface area contributed by atoms with E-state index in [1.165, 1.54) is 0 Å². The number of nitrogens with two attached hydrogens (primary N) is 1. The summed E-state index contributed by atoms with van der Waals surface area (Å²) in [6.07, 6.45) is 0. The molecule has 0 unspecified atom stereocenters. The molecule has 2 N–H and O–H groups in total. The van der Waals surface area contributed by atoms with E-state index in [4.69, 9.17) is 10.5 Å². The van der Waals surface area contributed by atoms with Gasteiger partial charge < -0.3 is 10.5 Å². The molecule has 0 aliphatic rings. The van der Waals surface area contributed by atoms with Crippen molar-refractivity contribution in [3.63, 3.8) is 0 Å². The Morgan fingerprint density at radius 1 is 1.21 bits per heavy atom. The highest BCUT2D eigenvalue weighted by atomic mass is 16.6. The number of hydrogen-bond acceptors (Lipinski definition) is 4. The summed E-state index contributed by atoms with van der Waals surface area (Å²) >= 11 is 0. The zero-order valence-electron chi connectivity index (χ0n) is 10.5. The van der Waals surface area contributed by atoms with Gasteiger partial charge in [-0.1, -0.05) is 24.3 Å². The Morgan fingerprint density at radius 3 is 2.47 bits per heavy atom. The predicted molar refractivity (Wildman–Crippen MR) is 72.2 cm³/mol. The fourth-order valence-electron chi connectivity index (χ4n) is 1.77. The number of benzene rings is 2. The lowest BCUT2D eigenvalue weighted by Crippen LogP contribution is -1.97. The van der Waals surface area contributed by atoms with Gasteiger partial charge in [-0.05, 0) is 30.7 Å². The van der Waals surface area contributed by atoms with Crippen LogP contribution in [0.4, 0.5) is 5.69 Å². The molecule has 0 saturated heterocycles. The summed E-state index contributed by atoms with van der Waals surface area (Å²) < 4.78 is 5.57. The molecule has 0 atom stereocenters. The Kier molecular flexibility index (Phi) is 3.77. The number of nitro benzene ring substituents is 1. The van der Waals surface area contributed by atoms with Crippen molar-refractivity contribution in [3.05, 3.63) is 63.7 Å². The molecule has 2 rings (SSSR count). The van der Waals surface area contributed by atoms with E-state index in [0.717, 1.165) is 5.56 Å². The number of rotatable bonds is 4. The maximum atomic E-state index is 11.0. The van der Waals surface area contributed by atoms with Crippen molar-refractivity contribution in [2.75, 3.05) is 0 Å². The predicted octanol–water partition coefficient (Wildman–Crippen LogP) is 3.15. The molecule has 0 fully saturated rings. The first-order valence-electron chi connectivity index (χ1n) is 5.82. The van der Waals surface area contributed by atoms with Crippen molar-refractivity contribution in [3.8, 4) is 11.5 Å². The molecule has 0 spiro atoms. The maximum absolute atomic E-state index is 11.0. The third-order valence-electron chi connectivity index (χ3n) is 2.77. The summed E-state index contributed by atoms with van der Waals surface area (Å²) in [7, 11) is 0. The van der Waals surface area contributed by atoms with Crippen molar-refractivity contribution >= 4 is 5.69 Å². The van der Waals surface area contributed by atoms with Crippen molar-refractivity contribution in [2.24, 2.45) is 5.73 Å². The molecule has 98 valence electrons. The molecule has 2 aromatic carbocycles. The maximum Gasteiger partial charge on any atom is 0.314 e. The first-order chi connectivity index (χ1) is 9.11. The minimum Gasteiger partial charge on any atom is -0.450 e. The van der Waals surface area contributed by atoms with E-state index in [9.17, 15) is 10.1 Å². The van der Waals surface area contributed by atoms with Crippen LogP contribution in [0.25, 0.3) is 0 Å². The second kappa shape index (κ2) is 5.49. The van der Waals surface area contributed by atoms with Gasteiger partial charge in [-0.2, -0.15) is 0 Å². The lowest BCUT2D eigenvalue weighted by Gasteiger charge is -2.08. The number of nitro groups is 1. The highest BCUT2D eigenvalue weighted by Crippen LogP contribution is 2.33. The Labute approximate surface area is 110 Å². The highest BCUT2D eigenvalue weighted by Gasteiger charge is 2.18. The van der Waals surface area contributed by atoms with Crippen molar-refractivity contribution in [2.45, 2.75) is 13.5 Å².